The number of thiol groups is 1. The van der Waals surface area contributed by atoms with Crippen molar-refractivity contribution >= 4 is 18.3 Å². The first kappa shape index (κ1) is 17.8. The molecule has 2 aliphatic rings. The Hall–Kier alpha value is -2.06. The maximum Gasteiger partial charge on any atom is 0.0655 e. The van der Waals surface area contributed by atoms with E-state index in [9.17, 15) is 0 Å². The van der Waals surface area contributed by atoms with Crippen molar-refractivity contribution in [1.29, 1.82) is 0 Å². The number of hydrogen-bond acceptors (Lipinski definition) is 2. The Bertz CT molecular complexity index is 788. The number of rotatable bonds is 6. The van der Waals surface area contributed by atoms with Crippen molar-refractivity contribution in [3.8, 4) is 0 Å². The van der Waals surface area contributed by atoms with E-state index in [-0.39, 0.29) is 0 Å². The zero-order valence-electron chi connectivity index (χ0n) is 14.8. The quantitative estimate of drug-likeness (QED) is 0.460. The van der Waals surface area contributed by atoms with Crippen LogP contribution in [0.5, 0.6) is 0 Å². The van der Waals surface area contributed by atoms with Crippen LogP contribution in [0.25, 0.3) is 0 Å². The van der Waals surface area contributed by atoms with E-state index in [1.165, 1.54) is 23.3 Å². The summed E-state index contributed by atoms with van der Waals surface area (Å²) in [5.41, 5.74) is 6.28. The van der Waals surface area contributed by atoms with E-state index in [2.05, 4.69) is 68.6 Å². The highest BCUT2D eigenvalue weighted by Gasteiger charge is 2.35. The highest BCUT2D eigenvalue weighted by molar-refractivity contribution is 7.80. The molecule has 0 aliphatic heterocycles. The third-order valence-corrected chi connectivity index (χ3v) is 4.99. The maximum absolute atomic E-state index is 4.92. The summed E-state index contributed by atoms with van der Waals surface area (Å²) in [7, 11) is 0. The zero-order valence-corrected chi connectivity index (χ0v) is 15.7. The lowest BCUT2D eigenvalue weighted by Gasteiger charge is -2.05. The molecule has 0 N–H and O–H groups in total. The third-order valence-electron chi connectivity index (χ3n) is 4.69. The molecule has 0 heterocycles. The van der Waals surface area contributed by atoms with Gasteiger partial charge in [-0.2, -0.15) is 0 Å². The number of nitrogens with zero attached hydrogens (tertiary/aromatic N) is 1. The van der Waals surface area contributed by atoms with Crippen molar-refractivity contribution in [2.45, 2.75) is 37.5 Å². The summed E-state index contributed by atoms with van der Waals surface area (Å²) in [6.07, 6.45) is 17.2. The Morgan fingerprint density at radius 3 is 2.80 bits per heavy atom. The first-order valence-electron chi connectivity index (χ1n) is 8.88. The lowest BCUT2D eigenvalue weighted by Crippen LogP contribution is -1.92. The average molecular weight is 348 g/mol. The molecule has 1 fully saturated rings. The minimum atomic E-state index is 0.564. The van der Waals surface area contributed by atoms with E-state index in [0.29, 0.717) is 5.92 Å². The molecule has 1 atom stereocenters. The molecule has 0 spiro atoms. The van der Waals surface area contributed by atoms with Crippen molar-refractivity contribution in [3.05, 3.63) is 89.7 Å². The molecule has 0 amide bonds. The predicted molar refractivity (Wildman–Crippen MR) is 111 cm³/mol. The SMILES string of the molecule is C=C/C(C)=C(\C=C/Cc1ccc(S)cc1)/N=C1\CC1C1=CC=CCC1. The van der Waals surface area contributed by atoms with Gasteiger partial charge in [0.1, 0.15) is 0 Å². The zero-order chi connectivity index (χ0) is 17.6. The van der Waals surface area contributed by atoms with E-state index in [1.807, 2.05) is 18.2 Å². The van der Waals surface area contributed by atoms with E-state index in [1.54, 1.807) is 0 Å². The highest BCUT2D eigenvalue weighted by Crippen LogP contribution is 2.38. The molecule has 0 radical (unpaired) electrons. The second kappa shape index (κ2) is 8.35. The molecular formula is C23H25NS. The molecule has 1 nitrogen and oxygen atoms in total. The molecule has 0 aromatic heterocycles. The van der Waals surface area contributed by atoms with Crippen molar-refractivity contribution in [2.75, 3.05) is 0 Å². The molecule has 25 heavy (non-hydrogen) atoms. The van der Waals surface area contributed by atoms with Crippen LogP contribution in [0.4, 0.5) is 0 Å². The van der Waals surface area contributed by atoms with Crippen molar-refractivity contribution in [3.63, 3.8) is 0 Å². The van der Waals surface area contributed by atoms with Crippen LogP contribution in [0.3, 0.4) is 0 Å². The third kappa shape index (κ3) is 4.96. The van der Waals surface area contributed by atoms with E-state index in [4.69, 9.17) is 4.99 Å². The molecule has 0 bridgehead atoms. The molecule has 3 rings (SSSR count). The van der Waals surface area contributed by atoms with Crippen LogP contribution in [-0.2, 0) is 6.42 Å². The Kier molecular flexibility index (Phi) is 5.93. The second-order valence-electron chi connectivity index (χ2n) is 6.61. The van der Waals surface area contributed by atoms with Crippen LogP contribution in [0.2, 0.25) is 0 Å². The van der Waals surface area contributed by atoms with Gasteiger partial charge in [-0.1, -0.05) is 54.7 Å². The lowest BCUT2D eigenvalue weighted by atomic mass is 10.0. The largest absolute Gasteiger partial charge is 0.257 e. The fourth-order valence-corrected chi connectivity index (χ4v) is 3.13. The Balaban J connectivity index is 1.69. The first-order chi connectivity index (χ1) is 12.2. The molecule has 2 aliphatic carbocycles. The minimum absolute atomic E-state index is 0.564. The molecular weight excluding hydrogens is 322 g/mol. The fraction of sp³-hybridized carbons (Fsp3) is 0.261. The predicted octanol–water partition coefficient (Wildman–Crippen LogP) is 6.27. The number of aliphatic imine (C=N–C) groups is 1. The molecule has 128 valence electrons. The average Bonchev–Trinajstić information content (AvgIpc) is 3.42. The normalized spacial score (nSPS) is 22.1. The molecule has 0 saturated heterocycles. The van der Waals surface area contributed by atoms with Crippen LogP contribution in [0.15, 0.2) is 94.0 Å². The molecule has 1 saturated carbocycles. The van der Waals surface area contributed by atoms with E-state index in [0.717, 1.165) is 35.4 Å². The van der Waals surface area contributed by atoms with Gasteiger partial charge in [0.05, 0.1) is 5.70 Å². The highest BCUT2D eigenvalue weighted by atomic mass is 32.1. The Labute approximate surface area is 156 Å². The summed E-state index contributed by atoms with van der Waals surface area (Å²) in [4.78, 5) is 5.92. The van der Waals surface area contributed by atoms with Crippen molar-refractivity contribution in [1.82, 2.24) is 0 Å². The van der Waals surface area contributed by atoms with Gasteiger partial charge in [0.25, 0.3) is 0 Å². The van der Waals surface area contributed by atoms with Crippen LogP contribution in [-0.4, -0.2) is 5.71 Å². The van der Waals surface area contributed by atoms with Gasteiger partial charge in [-0.25, -0.2) is 0 Å². The van der Waals surface area contributed by atoms with Gasteiger partial charge in [0, 0.05) is 16.5 Å². The summed E-state index contributed by atoms with van der Waals surface area (Å²) >= 11 is 4.33. The summed E-state index contributed by atoms with van der Waals surface area (Å²) < 4.78 is 0. The molecule has 1 aromatic carbocycles. The Morgan fingerprint density at radius 1 is 1.32 bits per heavy atom. The lowest BCUT2D eigenvalue weighted by molar-refractivity contribution is 0.872. The monoisotopic (exact) mass is 347 g/mol. The maximum atomic E-state index is 4.92. The fourth-order valence-electron chi connectivity index (χ4n) is 2.99. The number of hydrogen-bond donors (Lipinski definition) is 1. The number of allylic oxidation sites excluding steroid dienone is 8. The van der Waals surface area contributed by atoms with Gasteiger partial charge in [-0.3, -0.25) is 4.99 Å². The van der Waals surface area contributed by atoms with E-state index >= 15 is 0 Å². The smallest absolute Gasteiger partial charge is 0.0655 e. The minimum Gasteiger partial charge on any atom is -0.257 e. The van der Waals surface area contributed by atoms with Crippen LogP contribution >= 0.6 is 12.6 Å². The summed E-state index contributed by atoms with van der Waals surface area (Å²) in [6, 6.07) is 8.28. The standard InChI is InChI=1S/C23H25NS/c1-3-17(2)22(11-7-8-18-12-14-20(25)15-13-18)24-23-16-21(23)19-9-5-4-6-10-19/h3-5,7,9,11-15,21,25H,1,6,8,10,16H2,2H3/b11-7-,22-17+,24-23+. The van der Waals surface area contributed by atoms with Crippen LogP contribution < -0.4 is 0 Å². The first-order valence-corrected chi connectivity index (χ1v) is 9.33. The van der Waals surface area contributed by atoms with Gasteiger partial charge >= 0.3 is 0 Å². The van der Waals surface area contributed by atoms with E-state index < -0.39 is 0 Å². The van der Waals surface area contributed by atoms with Crippen LogP contribution in [0, 0.1) is 5.92 Å². The second-order valence-corrected chi connectivity index (χ2v) is 7.13. The van der Waals surface area contributed by atoms with Gasteiger partial charge in [0.15, 0.2) is 0 Å². The Morgan fingerprint density at radius 2 is 2.12 bits per heavy atom. The number of benzene rings is 1. The van der Waals surface area contributed by atoms with Crippen molar-refractivity contribution < 1.29 is 0 Å². The van der Waals surface area contributed by atoms with Gasteiger partial charge < -0.3 is 0 Å². The summed E-state index contributed by atoms with van der Waals surface area (Å²) in [5.74, 6) is 0.564. The summed E-state index contributed by atoms with van der Waals surface area (Å²) in [6.45, 7) is 5.98. The van der Waals surface area contributed by atoms with Gasteiger partial charge in [-0.05, 0) is 62.0 Å². The topological polar surface area (TPSA) is 12.4 Å². The van der Waals surface area contributed by atoms with Gasteiger partial charge in [-0.15, -0.1) is 12.6 Å². The van der Waals surface area contributed by atoms with Gasteiger partial charge in [0.2, 0.25) is 0 Å². The van der Waals surface area contributed by atoms with Crippen molar-refractivity contribution in [2.24, 2.45) is 10.9 Å². The molecule has 1 unspecified atom stereocenters. The molecule has 1 aromatic rings. The van der Waals surface area contributed by atoms with Crippen LogP contribution in [0.1, 0.15) is 31.7 Å². The summed E-state index contributed by atoms with van der Waals surface area (Å²) in [5, 5.41) is 0. The molecule has 2 heteroatoms.